The van der Waals surface area contributed by atoms with E-state index in [1.165, 1.54) is 0 Å². The van der Waals surface area contributed by atoms with Gasteiger partial charge in [0, 0.05) is 17.9 Å². The number of hydrogen-bond acceptors (Lipinski definition) is 6. The molecule has 24 heavy (non-hydrogen) atoms. The largest absolute Gasteiger partial charge is 0.339 e. The van der Waals surface area contributed by atoms with Gasteiger partial charge < -0.3 is 14.8 Å². The van der Waals surface area contributed by atoms with Crippen LogP contribution in [0.2, 0.25) is 0 Å². The van der Waals surface area contributed by atoms with Gasteiger partial charge in [-0.2, -0.15) is 10.1 Å². The maximum absolute atomic E-state index is 12.2. The first kappa shape index (κ1) is 15.1. The van der Waals surface area contributed by atoms with Crippen molar-refractivity contribution in [1.29, 1.82) is 0 Å². The van der Waals surface area contributed by atoms with Crippen molar-refractivity contribution >= 4 is 5.65 Å². The van der Waals surface area contributed by atoms with Crippen molar-refractivity contribution in [2.75, 3.05) is 13.1 Å². The number of fused-ring (bicyclic) bond motifs is 1. The third-order valence-electron chi connectivity index (χ3n) is 4.47. The van der Waals surface area contributed by atoms with E-state index in [2.05, 4.69) is 25.5 Å². The Kier molecular flexibility index (Phi) is 3.68. The minimum atomic E-state index is -0.134. The van der Waals surface area contributed by atoms with Gasteiger partial charge in [0.1, 0.15) is 5.65 Å². The number of nitrogens with zero attached hydrogens (tertiary/aromatic N) is 4. The molecule has 126 valence electrons. The normalized spacial score (nSPS) is 16.3. The fourth-order valence-corrected chi connectivity index (χ4v) is 3.16. The van der Waals surface area contributed by atoms with Crippen LogP contribution in [-0.2, 0) is 0 Å². The van der Waals surface area contributed by atoms with Gasteiger partial charge in [0.15, 0.2) is 0 Å². The molecule has 0 spiro atoms. The van der Waals surface area contributed by atoms with Crippen LogP contribution in [0.1, 0.15) is 50.1 Å². The molecule has 1 saturated heterocycles. The number of aromatic amines is 1. The van der Waals surface area contributed by atoms with Crippen molar-refractivity contribution in [1.82, 2.24) is 30.1 Å². The van der Waals surface area contributed by atoms with Gasteiger partial charge in [-0.15, -0.1) is 0 Å². The lowest BCUT2D eigenvalue weighted by Gasteiger charge is -2.23. The van der Waals surface area contributed by atoms with Gasteiger partial charge in [-0.3, -0.25) is 4.79 Å². The zero-order valence-corrected chi connectivity index (χ0v) is 13.7. The molecule has 0 aliphatic carbocycles. The Balaban J connectivity index is 1.83. The molecule has 1 fully saturated rings. The SMILES string of the molecule is CC(C)c1nc(-c2cnn3c(C4CCNCC4)cc(=O)[nH]c23)no1. The summed E-state index contributed by atoms with van der Waals surface area (Å²) in [6.45, 7) is 5.89. The van der Waals surface area contributed by atoms with Crippen LogP contribution < -0.4 is 10.9 Å². The van der Waals surface area contributed by atoms with E-state index in [0.717, 1.165) is 31.6 Å². The molecule has 3 aromatic heterocycles. The maximum Gasteiger partial charge on any atom is 0.251 e. The molecule has 0 aromatic carbocycles. The first-order valence-corrected chi connectivity index (χ1v) is 8.29. The van der Waals surface area contributed by atoms with E-state index in [1.807, 2.05) is 13.8 Å². The average Bonchev–Trinajstić information content (AvgIpc) is 3.21. The Hall–Kier alpha value is -2.48. The van der Waals surface area contributed by atoms with Crippen molar-refractivity contribution in [3.05, 3.63) is 34.2 Å². The van der Waals surface area contributed by atoms with Crippen LogP contribution >= 0.6 is 0 Å². The predicted molar refractivity (Wildman–Crippen MR) is 88.0 cm³/mol. The summed E-state index contributed by atoms with van der Waals surface area (Å²) in [7, 11) is 0. The summed E-state index contributed by atoms with van der Waals surface area (Å²) >= 11 is 0. The summed E-state index contributed by atoms with van der Waals surface area (Å²) in [4.78, 5) is 19.4. The molecule has 0 unspecified atom stereocenters. The smallest absolute Gasteiger partial charge is 0.251 e. The molecule has 0 radical (unpaired) electrons. The lowest BCUT2D eigenvalue weighted by atomic mass is 9.94. The maximum atomic E-state index is 12.2. The van der Waals surface area contributed by atoms with Gasteiger partial charge in [-0.25, -0.2) is 4.52 Å². The topological polar surface area (TPSA) is 101 Å². The molecule has 0 amide bonds. The molecule has 0 saturated carbocycles. The zero-order valence-electron chi connectivity index (χ0n) is 13.7. The third-order valence-corrected chi connectivity index (χ3v) is 4.47. The third kappa shape index (κ3) is 2.52. The Morgan fingerprint density at radius 1 is 1.33 bits per heavy atom. The van der Waals surface area contributed by atoms with Crippen LogP contribution in [0.5, 0.6) is 0 Å². The van der Waals surface area contributed by atoms with Crippen molar-refractivity contribution in [2.24, 2.45) is 0 Å². The Bertz CT molecular complexity index is 916. The molecule has 1 aliphatic heterocycles. The first-order chi connectivity index (χ1) is 11.6. The van der Waals surface area contributed by atoms with E-state index in [1.54, 1.807) is 16.8 Å². The van der Waals surface area contributed by atoms with Crippen LogP contribution in [0, 0.1) is 0 Å². The second-order valence-electron chi connectivity index (χ2n) is 6.51. The molecule has 4 rings (SSSR count). The van der Waals surface area contributed by atoms with E-state index >= 15 is 0 Å². The molecular weight excluding hydrogens is 308 g/mol. The number of H-pyrrole nitrogens is 1. The summed E-state index contributed by atoms with van der Waals surface area (Å²) in [5.74, 6) is 1.49. The molecule has 8 nitrogen and oxygen atoms in total. The molecule has 4 heterocycles. The molecule has 1 aliphatic rings. The summed E-state index contributed by atoms with van der Waals surface area (Å²) in [5, 5.41) is 11.8. The summed E-state index contributed by atoms with van der Waals surface area (Å²) in [5.41, 5.74) is 2.10. The first-order valence-electron chi connectivity index (χ1n) is 8.29. The number of piperidine rings is 1. The van der Waals surface area contributed by atoms with Crippen molar-refractivity contribution < 1.29 is 4.52 Å². The van der Waals surface area contributed by atoms with Crippen molar-refractivity contribution in [3.8, 4) is 11.4 Å². The van der Waals surface area contributed by atoms with Gasteiger partial charge in [0.2, 0.25) is 11.7 Å². The van der Waals surface area contributed by atoms with Crippen LogP contribution in [0.3, 0.4) is 0 Å². The van der Waals surface area contributed by atoms with Crippen molar-refractivity contribution in [3.63, 3.8) is 0 Å². The van der Waals surface area contributed by atoms with Crippen LogP contribution in [0.25, 0.3) is 17.0 Å². The fourth-order valence-electron chi connectivity index (χ4n) is 3.16. The summed E-state index contributed by atoms with van der Waals surface area (Å²) < 4.78 is 7.08. The van der Waals surface area contributed by atoms with Crippen LogP contribution in [0.15, 0.2) is 21.6 Å². The Morgan fingerprint density at radius 2 is 2.12 bits per heavy atom. The molecule has 3 aromatic rings. The number of aromatic nitrogens is 5. The highest BCUT2D eigenvalue weighted by Gasteiger charge is 2.22. The predicted octanol–water partition coefficient (Wildman–Crippen LogP) is 1.66. The van der Waals surface area contributed by atoms with Crippen LogP contribution in [0.4, 0.5) is 0 Å². The van der Waals surface area contributed by atoms with Gasteiger partial charge in [-0.1, -0.05) is 19.0 Å². The average molecular weight is 328 g/mol. The van der Waals surface area contributed by atoms with Gasteiger partial charge in [0.25, 0.3) is 5.56 Å². The lowest BCUT2D eigenvalue weighted by Crippen LogP contribution is -2.28. The van der Waals surface area contributed by atoms with Crippen LogP contribution in [-0.4, -0.2) is 37.8 Å². The number of nitrogens with one attached hydrogen (secondary N) is 2. The number of hydrogen-bond donors (Lipinski definition) is 2. The molecule has 0 atom stereocenters. The molecule has 2 N–H and O–H groups in total. The van der Waals surface area contributed by atoms with Gasteiger partial charge in [-0.05, 0) is 25.9 Å². The quantitative estimate of drug-likeness (QED) is 0.758. The Labute approximate surface area is 138 Å². The Morgan fingerprint density at radius 3 is 2.83 bits per heavy atom. The zero-order chi connectivity index (χ0) is 16.7. The standard InChI is InChI=1S/C16H20N6O2/c1-9(2)16-20-14(21-24-16)11-8-18-22-12(7-13(23)19-15(11)22)10-3-5-17-6-4-10/h7-10,17H,3-6H2,1-2H3,(H,19,23). The van der Waals surface area contributed by atoms with Crippen molar-refractivity contribution in [2.45, 2.75) is 38.5 Å². The van der Waals surface area contributed by atoms with Gasteiger partial charge >= 0.3 is 0 Å². The minimum absolute atomic E-state index is 0.134. The van der Waals surface area contributed by atoms with Gasteiger partial charge in [0.05, 0.1) is 17.5 Å². The summed E-state index contributed by atoms with van der Waals surface area (Å²) in [6.07, 6.45) is 3.67. The van der Waals surface area contributed by atoms with E-state index in [9.17, 15) is 4.79 Å². The monoisotopic (exact) mass is 328 g/mol. The van der Waals surface area contributed by atoms with E-state index in [0.29, 0.717) is 28.8 Å². The highest BCUT2D eigenvalue weighted by Crippen LogP contribution is 2.27. The second kappa shape index (κ2) is 5.86. The minimum Gasteiger partial charge on any atom is -0.339 e. The van der Waals surface area contributed by atoms with E-state index < -0.39 is 0 Å². The molecule has 0 bridgehead atoms. The summed E-state index contributed by atoms with van der Waals surface area (Å²) in [6, 6.07) is 1.65. The van der Waals surface area contributed by atoms with E-state index in [4.69, 9.17) is 4.52 Å². The lowest BCUT2D eigenvalue weighted by molar-refractivity contribution is 0.365. The molecular formula is C16H20N6O2. The highest BCUT2D eigenvalue weighted by atomic mass is 16.5. The molecule has 8 heteroatoms. The fraction of sp³-hybridized carbons (Fsp3) is 0.500. The van der Waals surface area contributed by atoms with E-state index in [-0.39, 0.29) is 11.5 Å². The highest BCUT2D eigenvalue weighted by molar-refractivity contribution is 5.71. The second-order valence-corrected chi connectivity index (χ2v) is 6.51. The number of rotatable bonds is 3.